The molecule has 1 aliphatic rings. The number of carbonyl (C=O) groups is 1. The van der Waals surface area contributed by atoms with Crippen LogP contribution in [0.3, 0.4) is 0 Å². The fourth-order valence-electron chi connectivity index (χ4n) is 3.42. The summed E-state index contributed by atoms with van der Waals surface area (Å²) in [7, 11) is 0. The van der Waals surface area contributed by atoms with E-state index in [1.165, 1.54) is 6.07 Å². The predicted molar refractivity (Wildman–Crippen MR) is 125 cm³/mol. The molecule has 3 N–H and O–H groups in total. The highest BCUT2D eigenvalue weighted by molar-refractivity contribution is 6.32. The predicted octanol–water partition coefficient (Wildman–Crippen LogP) is 5.48. The van der Waals surface area contributed by atoms with Crippen molar-refractivity contribution in [2.75, 3.05) is 10.6 Å². The fraction of sp³-hybridized carbons (Fsp3) is 0.261. The van der Waals surface area contributed by atoms with Gasteiger partial charge in [-0.3, -0.25) is 4.79 Å². The molecule has 0 aliphatic carbocycles. The number of amides is 1. The molecule has 4 rings (SSSR count). The molecule has 1 atom stereocenters. The average Bonchev–Trinajstić information content (AvgIpc) is 3.20. The topological polar surface area (TPSA) is 97.4 Å². The van der Waals surface area contributed by atoms with Crippen LogP contribution in [0.1, 0.15) is 19.4 Å². The van der Waals surface area contributed by atoms with E-state index < -0.39 is 24.0 Å². The number of carbonyl (C=O) groups excluding carboxylic acids is 1. The van der Waals surface area contributed by atoms with Crippen molar-refractivity contribution < 1.29 is 31.8 Å². The molecule has 190 valence electrons. The maximum Gasteiger partial charge on any atom is 0.573 e. The number of nitrogens with one attached hydrogen (secondary N) is 3. The lowest BCUT2D eigenvalue weighted by molar-refractivity contribution is -0.274. The third-order valence-corrected chi connectivity index (χ3v) is 5.17. The SMILES string of the molecule is CC(C)NC(=O)C1Cc2cc(Nc3ncc(F)c(Nc4ccc(OC(F)(F)F)c(Cl)c4)n3)ccc2O1. The van der Waals surface area contributed by atoms with Crippen LogP contribution >= 0.6 is 11.6 Å². The zero-order valence-corrected chi connectivity index (χ0v) is 19.7. The van der Waals surface area contributed by atoms with Crippen molar-refractivity contribution in [1.29, 1.82) is 0 Å². The first kappa shape index (κ1) is 25.3. The van der Waals surface area contributed by atoms with Gasteiger partial charge < -0.3 is 25.4 Å². The summed E-state index contributed by atoms with van der Waals surface area (Å²) in [6.45, 7) is 3.72. The number of anilines is 4. The van der Waals surface area contributed by atoms with Crippen LogP contribution in [0.15, 0.2) is 42.6 Å². The molecule has 3 aromatic rings. The van der Waals surface area contributed by atoms with Gasteiger partial charge in [-0.2, -0.15) is 4.98 Å². The van der Waals surface area contributed by atoms with Gasteiger partial charge in [0.1, 0.15) is 11.5 Å². The summed E-state index contributed by atoms with van der Waals surface area (Å²) in [5.74, 6) is -1.19. The second-order valence-electron chi connectivity index (χ2n) is 8.13. The van der Waals surface area contributed by atoms with Crippen LogP contribution in [0.2, 0.25) is 5.02 Å². The Morgan fingerprint density at radius 3 is 2.58 bits per heavy atom. The van der Waals surface area contributed by atoms with Crippen molar-refractivity contribution in [3.8, 4) is 11.5 Å². The van der Waals surface area contributed by atoms with E-state index in [0.717, 1.165) is 23.9 Å². The number of hydrogen-bond donors (Lipinski definition) is 3. The lowest BCUT2D eigenvalue weighted by atomic mass is 10.1. The molecule has 1 amide bonds. The zero-order valence-electron chi connectivity index (χ0n) is 18.9. The summed E-state index contributed by atoms with van der Waals surface area (Å²) in [4.78, 5) is 20.2. The molecule has 1 unspecified atom stereocenters. The molecule has 0 radical (unpaired) electrons. The van der Waals surface area contributed by atoms with Gasteiger partial charge in [-0.05, 0) is 50.2 Å². The van der Waals surface area contributed by atoms with Crippen molar-refractivity contribution in [3.05, 3.63) is 59.0 Å². The number of fused-ring (bicyclic) bond motifs is 1. The van der Waals surface area contributed by atoms with E-state index in [1.54, 1.807) is 18.2 Å². The summed E-state index contributed by atoms with van der Waals surface area (Å²) < 4.78 is 61.1. The Hall–Kier alpha value is -3.80. The Bertz CT molecular complexity index is 1290. The number of benzene rings is 2. The minimum absolute atomic E-state index is 0.0114. The minimum atomic E-state index is -4.90. The Morgan fingerprint density at radius 1 is 1.17 bits per heavy atom. The summed E-state index contributed by atoms with van der Waals surface area (Å²) >= 11 is 5.84. The van der Waals surface area contributed by atoms with Gasteiger partial charge >= 0.3 is 6.36 Å². The molecule has 8 nitrogen and oxygen atoms in total. The summed E-state index contributed by atoms with van der Waals surface area (Å²) in [5, 5.41) is 8.09. The molecule has 13 heteroatoms. The van der Waals surface area contributed by atoms with E-state index in [4.69, 9.17) is 16.3 Å². The lowest BCUT2D eigenvalue weighted by Gasteiger charge is -2.13. The van der Waals surface area contributed by atoms with Crippen molar-refractivity contribution in [1.82, 2.24) is 15.3 Å². The molecular weight excluding hydrogens is 506 g/mol. The van der Waals surface area contributed by atoms with Crippen molar-refractivity contribution in [2.45, 2.75) is 38.8 Å². The van der Waals surface area contributed by atoms with E-state index in [9.17, 15) is 22.4 Å². The van der Waals surface area contributed by atoms with E-state index in [-0.39, 0.29) is 34.4 Å². The van der Waals surface area contributed by atoms with Crippen LogP contribution in [-0.4, -0.2) is 34.4 Å². The molecule has 1 aliphatic heterocycles. The van der Waals surface area contributed by atoms with Gasteiger partial charge in [-0.15, -0.1) is 13.2 Å². The number of alkyl halides is 3. The van der Waals surface area contributed by atoms with Crippen molar-refractivity contribution in [2.24, 2.45) is 0 Å². The monoisotopic (exact) mass is 525 g/mol. The molecule has 0 bridgehead atoms. The van der Waals surface area contributed by atoms with Gasteiger partial charge in [0.15, 0.2) is 17.7 Å². The van der Waals surface area contributed by atoms with Gasteiger partial charge in [-0.25, -0.2) is 9.37 Å². The first-order valence-electron chi connectivity index (χ1n) is 10.7. The van der Waals surface area contributed by atoms with Crippen LogP contribution in [-0.2, 0) is 11.2 Å². The molecule has 36 heavy (non-hydrogen) atoms. The van der Waals surface area contributed by atoms with Gasteiger partial charge in [0, 0.05) is 29.4 Å². The van der Waals surface area contributed by atoms with E-state index >= 15 is 0 Å². The number of ether oxygens (including phenoxy) is 2. The van der Waals surface area contributed by atoms with E-state index in [1.807, 2.05) is 13.8 Å². The quantitative estimate of drug-likeness (QED) is 0.351. The molecule has 1 aromatic heterocycles. The summed E-state index contributed by atoms with van der Waals surface area (Å²) in [6.07, 6.45) is -4.21. The molecular formula is C23H20ClF4N5O3. The largest absolute Gasteiger partial charge is 0.573 e. The van der Waals surface area contributed by atoms with E-state index in [2.05, 4.69) is 30.7 Å². The number of nitrogens with zero attached hydrogens (tertiary/aromatic N) is 2. The molecule has 0 spiro atoms. The van der Waals surface area contributed by atoms with Crippen LogP contribution in [0, 0.1) is 5.82 Å². The van der Waals surface area contributed by atoms with Gasteiger partial charge in [0.2, 0.25) is 5.95 Å². The van der Waals surface area contributed by atoms with Gasteiger partial charge in [-0.1, -0.05) is 11.6 Å². The van der Waals surface area contributed by atoms with Gasteiger partial charge in [0.05, 0.1) is 11.2 Å². The maximum atomic E-state index is 14.3. The highest BCUT2D eigenvalue weighted by Crippen LogP contribution is 2.34. The Labute approximate surface area is 208 Å². The second-order valence-corrected chi connectivity index (χ2v) is 8.54. The van der Waals surface area contributed by atoms with Crippen molar-refractivity contribution >= 4 is 40.6 Å². The first-order valence-corrected chi connectivity index (χ1v) is 11.1. The minimum Gasteiger partial charge on any atom is -0.480 e. The van der Waals surface area contributed by atoms with Crippen LogP contribution in [0.5, 0.6) is 11.5 Å². The maximum absolute atomic E-state index is 14.3. The van der Waals surface area contributed by atoms with E-state index in [0.29, 0.717) is 17.9 Å². The Morgan fingerprint density at radius 2 is 1.89 bits per heavy atom. The summed E-state index contributed by atoms with van der Waals surface area (Å²) in [6, 6.07) is 8.53. The number of aromatic nitrogens is 2. The molecule has 2 heterocycles. The van der Waals surface area contributed by atoms with Crippen molar-refractivity contribution in [3.63, 3.8) is 0 Å². The van der Waals surface area contributed by atoms with Crippen LogP contribution in [0.4, 0.5) is 40.7 Å². The third-order valence-electron chi connectivity index (χ3n) is 4.88. The number of hydrogen-bond acceptors (Lipinski definition) is 7. The zero-order chi connectivity index (χ0) is 26.0. The first-order chi connectivity index (χ1) is 17.0. The third kappa shape index (κ3) is 6.25. The molecule has 2 aromatic carbocycles. The highest BCUT2D eigenvalue weighted by atomic mass is 35.5. The van der Waals surface area contributed by atoms with Gasteiger partial charge in [0.25, 0.3) is 5.91 Å². The Balaban J connectivity index is 1.46. The smallest absolute Gasteiger partial charge is 0.480 e. The van der Waals surface area contributed by atoms with Crippen LogP contribution in [0.25, 0.3) is 0 Å². The number of rotatable bonds is 7. The number of halogens is 5. The van der Waals surface area contributed by atoms with Crippen LogP contribution < -0.4 is 25.4 Å². The molecule has 0 fully saturated rings. The fourth-order valence-corrected chi connectivity index (χ4v) is 3.64. The lowest BCUT2D eigenvalue weighted by Crippen LogP contribution is -2.40. The molecule has 0 saturated heterocycles. The normalized spacial score (nSPS) is 14.7. The molecule has 0 saturated carbocycles. The summed E-state index contributed by atoms with van der Waals surface area (Å²) in [5.41, 5.74) is 1.56. The Kier molecular flexibility index (Phi) is 7.07. The second kappa shape index (κ2) is 10.1. The average molecular weight is 526 g/mol. The highest BCUT2D eigenvalue weighted by Gasteiger charge is 2.32. The standard InChI is InChI=1S/C23H20ClF4N5O3/c1-11(2)30-21(34)19-8-12-7-13(3-5-17(12)35-19)32-22-29-10-16(25)20(33-22)31-14-4-6-18(15(24)9-14)36-23(26,27)28/h3-7,9-11,19H,8H2,1-2H3,(H,30,34)(H2,29,31,32,33).